The summed E-state index contributed by atoms with van der Waals surface area (Å²) in [7, 11) is 0. The van der Waals surface area contributed by atoms with Gasteiger partial charge in [0.2, 0.25) is 5.91 Å². The molecule has 122 valence electrons. The van der Waals surface area contributed by atoms with Gasteiger partial charge >= 0.3 is 0 Å². The van der Waals surface area contributed by atoms with E-state index in [-0.39, 0.29) is 5.91 Å². The Morgan fingerprint density at radius 3 is 2.65 bits per heavy atom. The molecule has 0 saturated heterocycles. The van der Waals surface area contributed by atoms with Crippen molar-refractivity contribution in [3.05, 3.63) is 53.0 Å². The van der Waals surface area contributed by atoms with Crippen molar-refractivity contribution in [3.8, 4) is 5.75 Å². The summed E-state index contributed by atoms with van der Waals surface area (Å²) < 4.78 is 6.65. The van der Waals surface area contributed by atoms with Gasteiger partial charge in [-0.05, 0) is 42.7 Å². The minimum atomic E-state index is 0.0140. The van der Waals surface area contributed by atoms with E-state index >= 15 is 0 Å². The molecule has 3 nitrogen and oxygen atoms in total. The van der Waals surface area contributed by atoms with Gasteiger partial charge in [0.1, 0.15) is 5.75 Å². The Morgan fingerprint density at radius 1 is 1.17 bits per heavy atom. The number of hydrogen-bond donors (Lipinski definition) is 1. The average Bonchev–Trinajstić information content (AvgIpc) is 2.57. The van der Waals surface area contributed by atoms with Crippen LogP contribution in [0.5, 0.6) is 5.75 Å². The smallest absolute Gasteiger partial charge is 0.234 e. The SMILES string of the molecule is CSc1ccccc1NC(=O)CSCCOc1ccc(Br)cc1. The first-order valence-electron chi connectivity index (χ1n) is 7.08. The molecule has 0 fully saturated rings. The van der Waals surface area contributed by atoms with Gasteiger partial charge in [0.05, 0.1) is 18.0 Å². The Balaban J connectivity index is 1.66. The third-order valence-electron chi connectivity index (χ3n) is 2.92. The molecule has 0 heterocycles. The first-order valence-corrected chi connectivity index (χ1v) is 10.3. The van der Waals surface area contributed by atoms with Gasteiger partial charge in [0.15, 0.2) is 0 Å². The van der Waals surface area contributed by atoms with E-state index in [4.69, 9.17) is 4.74 Å². The summed E-state index contributed by atoms with van der Waals surface area (Å²) in [5.74, 6) is 2.05. The van der Waals surface area contributed by atoms with E-state index < -0.39 is 0 Å². The lowest BCUT2D eigenvalue weighted by Gasteiger charge is -2.09. The zero-order valence-electron chi connectivity index (χ0n) is 12.8. The van der Waals surface area contributed by atoms with E-state index in [1.807, 2.05) is 54.8 Å². The quantitative estimate of drug-likeness (QED) is 0.493. The van der Waals surface area contributed by atoms with Crippen LogP contribution in [0.2, 0.25) is 0 Å². The topological polar surface area (TPSA) is 38.3 Å². The zero-order valence-corrected chi connectivity index (χ0v) is 16.0. The Hall–Kier alpha value is -1.11. The molecular weight excluding hydrogens is 394 g/mol. The summed E-state index contributed by atoms with van der Waals surface area (Å²) in [6, 6.07) is 15.5. The lowest BCUT2D eigenvalue weighted by atomic mass is 10.3. The maximum Gasteiger partial charge on any atom is 0.234 e. The summed E-state index contributed by atoms with van der Waals surface area (Å²) in [4.78, 5) is 13.0. The Morgan fingerprint density at radius 2 is 1.91 bits per heavy atom. The molecule has 2 aromatic carbocycles. The zero-order chi connectivity index (χ0) is 16.5. The number of amides is 1. The minimum Gasteiger partial charge on any atom is -0.493 e. The molecule has 0 unspecified atom stereocenters. The summed E-state index contributed by atoms with van der Waals surface area (Å²) in [6.07, 6.45) is 2.00. The number of ether oxygens (including phenoxy) is 1. The molecule has 0 aliphatic rings. The van der Waals surface area contributed by atoms with Crippen LogP contribution in [0, 0.1) is 0 Å². The van der Waals surface area contributed by atoms with Crippen molar-refractivity contribution in [1.29, 1.82) is 0 Å². The van der Waals surface area contributed by atoms with Crippen molar-refractivity contribution in [2.45, 2.75) is 4.90 Å². The first-order chi connectivity index (χ1) is 11.2. The second-order valence-corrected chi connectivity index (χ2v) is 7.47. The van der Waals surface area contributed by atoms with Crippen molar-refractivity contribution in [1.82, 2.24) is 0 Å². The van der Waals surface area contributed by atoms with Crippen LogP contribution in [0.1, 0.15) is 0 Å². The number of rotatable bonds is 8. The number of anilines is 1. The third-order valence-corrected chi connectivity index (χ3v) is 5.17. The fraction of sp³-hybridized carbons (Fsp3) is 0.235. The molecule has 0 aromatic heterocycles. The lowest BCUT2D eigenvalue weighted by Crippen LogP contribution is -2.15. The van der Waals surface area contributed by atoms with Crippen LogP contribution in [0.4, 0.5) is 5.69 Å². The standard InChI is InChI=1S/C17H18BrNO2S2/c1-22-16-5-3-2-4-15(16)19-17(20)12-23-11-10-21-14-8-6-13(18)7-9-14/h2-9H,10-12H2,1H3,(H,19,20). The number of carbonyl (C=O) groups excluding carboxylic acids is 1. The molecule has 23 heavy (non-hydrogen) atoms. The molecule has 1 N–H and O–H groups in total. The van der Waals surface area contributed by atoms with Crippen LogP contribution in [0.3, 0.4) is 0 Å². The van der Waals surface area contributed by atoms with Crippen LogP contribution in [-0.4, -0.2) is 30.3 Å². The monoisotopic (exact) mass is 411 g/mol. The highest BCUT2D eigenvalue weighted by Crippen LogP contribution is 2.24. The van der Waals surface area contributed by atoms with Crippen LogP contribution in [0.15, 0.2) is 57.9 Å². The van der Waals surface area contributed by atoms with E-state index in [1.54, 1.807) is 23.5 Å². The molecule has 0 saturated carbocycles. The number of hydrogen-bond acceptors (Lipinski definition) is 4. The molecule has 2 aromatic rings. The highest BCUT2D eigenvalue weighted by Gasteiger charge is 2.06. The third kappa shape index (κ3) is 6.49. The second kappa shape index (κ2) is 9.90. The summed E-state index contributed by atoms with van der Waals surface area (Å²) in [6.45, 7) is 0.584. The Labute approximate surface area is 153 Å². The van der Waals surface area contributed by atoms with E-state index in [0.29, 0.717) is 12.4 Å². The fourth-order valence-electron chi connectivity index (χ4n) is 1.85. The van der Waals surface area contributed by atoms with Crippen LogP contribution in [0.25, 0.3) is 0 Å². The predicted octanol–water partition coefficient (Wildman–Crippen LogP) is 4.92. The van der Waals surface area contributed by atoms with Crippen LogP contribution in [-0.2, 0) is 4.79 Å². The maximum absolute atomic E-state index is 12.0. The van der Waals surface area contributed by atoms with Gasteiger partial charge < -0.3 is 10.1 Å². The molecule has 0 aliphatic heterocycles. The normalized spacial score (nSPS) is 10.3. The fourth-order valence-corrected chi connectivity index (χ4v) is 3.27. The van der Waals surface area contributed by atoms with Gasteiger partial charge in [-0.15, -0.1) is 23.5 Å². The first kappa shape index (κ1) is 18.2. The lowest BCUT2D eigenvalue weighted by molar-refractivity contribution is -0.113. The Bertz CT molecular complexity index is 635. The van der Waals surface area contributed by atoms with Crippen molar-refractivity contribution in [2.24, 2.45) is 0 Å². The van der Waals surface area contributed by atoms with Gasteiger partial charge in [-0.2, -0.15) is 0 Å². The van der Waals surface area contributed by atoms with Crippen molar-refractivity contribution >= 4 is 51.0 Å². The molecule has 6 heteroatoms. The molecule has 0 aliphatic carbocycles. The van der Waals surface area contributed by atoms with Gasteiger partial charge in [-0.1, -0.05) is 28.1 Å². The highest BCUT2D eigenvalue weighted by molar-refractivity contribution is 9.10. The number of halogens is 1. The largest absolute Gasteiger partial charge is 0.493 e. The molecule has 0 radical (unpaired) electrons. The minimum absolute atomic E-state index is 0.0140. The van der Waals surface area contributed by atoms with Gasteiger partial charge in [-0.3, -0.25) is 4.79 Å². The van der Waals surface area contributed by atoms with Crippen molar-refractivity contribution in [3.63, 3.8) is 0 Å². The Kier molecular flexibility index (Phi) is 7.85. The second-order valence-electron chi connectivity index (χ2n) is 4.60. The summed E-state index contributed by atoms with van der Waals surface area (Å²) in [5.41, 5.74) is 0.872. The number of benzene rings is 2. The van der Waals surface area contributed by atoms with E-state index in [0.717, 1.165) is 26.6 Å². The van der Waals surface area contributed by atoms with Gasteiger partial charge in [0, 0.05) is 15.1 Å². The number of thioether (sulfide) groups is 2. The van der Waals surface area contributed by atoms with Crippen molar-refractivity contribution < 1.29 is 9.53 Å². The summed E-state index contributed by atoms with van der Waals surface area (Å²) >= 11 is 6.57. The molecule has 2 rings (SSSR count). The molecule has 0 bridgehead atoms. The molecule has 0 spiro atoms. The van der Waals surface area contributed by atoms with Crippen molar-refractivity contribution in [2.75, 3.05) is 29.7 Å². The molecule has 1 amide bonds. The maximum atomic E-state index is 12.0. The predicted molar refractivity (Wildman–Crippen MR) is 104 cm³/mol. The van der Waals surface area contributed by atoms with Gasteiger partial charge in [0.25, 0.3) is 0 Å². The highest BCUT2D eigenvalue weighted by atomic mass is 79.9. The summed E-state index contributed by atoms with van der Waals surface area (Å²) in [5, 5.41) is 2.95. The number of para-hydroxylation sites is 1. The average molecular weight is 412 g/mol. The number of carbonyl (C=O) groups is 1. The molecule has 0 atom stereocenters. The van der Waals surface area contributed by atoms with Gasteiger partial charge in [-0.25, -0.2) is 0 Å². The molecular formula is C17H18BrNO2S2. The van der Waals surface area contributed by atoms with Crippen LogP contribution >= 0.6 is 39.5 Å². The number of nitrogens with one attached hydrogen (secondary N) is 1. The van der Waals surface area contributed by atoms with Crippen LogP contribution < -0.4 is 10.1 Å². The van der Waals surface area contributed by atoms with E-state index in [1.165, 1.54) is 0 Å². The van der Waals surface area contributed by atoms with E-state index in [9.17, 15) is 4.79 Å². The van der Waals surface area contributed by atoms with E-state index in [2.05, 4.69) is 21.2 Å².